The summed E-state index contributed by atoms with van der Waals surface area (Å²) in [6.45, 7) is 7.08. The molecule has 15 heavy (non-hydrogen) atoms. The van der Waals surface area contributed by atoms with Gasteiger partial charge in [0.25, 0.3) is 0 Å². The van der Waals surface area contributed by atoms with Gasteiger partial charge in [-0.05, 0) is 40.8 Å². The van der Waals surface area contributed by atoms with Crippen molar-refractivity contribution in [3.63, 3.8) is 0 Å². The predicted molar refractivity (Wildman–Crippen MR) is 70.3 cm³/mol. The summed E-state index contributed by atoms with van der Waals surface area (Å²) in [7, 11) is 0. The Kier molecular flexibility index (Phi) is 3.86. The molecule has 1 nitrogen and oxygen atoms in total. The van der Waals surface area contributed by atoms with Gasteiger partial charge in [0.05, 0.1) is 0 Å². The lowest BCUT2D eigenvalue weighted by Crippen LogP contribution is -2.27. The lowest BCUT2D eigenvalue weighted by atomic mass is 10.1. The molecule has 0 saturated carbocycles. The number of thiophene rings is 1. The van der Waals surface area contributed by atoms with Crippen LogP contribution >= 0.6 is 27.3 Å². The summed E-state index contributed by atoms with van der Waals surface area (Å²) in [5.74, 6) is 0.873. The van der Waals surface area contributed by atoms with E-state index in [-0.39, 0.29) is 0 Å². The van der Waals surface area contributed by atoms with Gasteiger partial charge in [-0.25, -0.2) is 0 Å². The van der Waals surface area contributed by atoms with Crippen LogP contribution in [0.5, 0.6) is 0 Å². The zero-order valence-electron chi connectivity index (χ0n) is 9.37. The molecule has 0 radical (unpaired) electrons. The van der Waals surface area contributed by atoms with Crippen molar-refractivity contribution in [3.8, 4) is 0 Å². The molecule has 1 aliphatic heterocycles. The average molecular weight is 288 g/mol. The molecule has 0 aromatic carbocycles. The van der Waals surface area contributed by atoms with Crippen molar-refractivity contribution in [2.24, 2.45) is 5.92 Å². The van der Waals surface area contributed by atoms with Crippen LogP contribution in [-0.2, 0) is 6.54 Å². The van der Waals surface area contributed by atoms with Gasteiger partial charge in [-0.1, -0.05) is 13.8 Å². The Balaban J connectivity index is 1.99. The standard InChI is InChI=1S/C12H18BrNS/c1-3-11-4-9(2)6-14(11)7-12-5-10(13)8-15-12/h5,8-9,11H,3-4,6-7H2,1-2H3. The highest BCUT2D eigenvalue weighted by atomic mass is 79.9. The van der Waals surface area contributed by atoms with Crippen molar-refractivity contribution in [2.45, 2.75) is 39.3 Å². The smallest absolute Gasteiger partial charge is 0.0331 e. The molecule has 0 aliphatic carbocycles. The zero-order valence-corrected chi connectivity index (χ0v) is 11.8. The first-order valence-electron chi connectivity index (χ1n) is 5.66. The van der Waals surface area contributed by atoms with Gasteiger partial charge >= 0.3 is 0 Å². The van der Waals surface area contributed by atoms with Gasteiger partial charge in [-0.3, -0.25) is 4.90 Å². The first-order chi connectivity index (χ1) is 7.19. The van der Waals surface area contributed by atoms with Crippen LogP contribution < -0.4 is 0 Å². The Morgan fingerprint density at radius 2 is 2.40 bits per heavy atom. The van der Waals surface area contributed by atoms with Crippen LogP contribution in [-0.4, -0.2) is 17.5 Å². The third-order valence-corrected chi connectivity index (χ3v) is 4.87. The molecule has 1 fully saturated rings. The van der Waals surface area contributed by atoms with E-state index >= 15 is 0 Å². The predicted octanol–water partition coefficient (Wildman–Crippen LogP) is 4.13. The summed E-state index contributed by atoms with van der Waals surface area (Å²) in [5, 5.41) is 2.18. The fourth-order valence-electron chi connectivity index (χ4n) is 2.49. The Morgan fingerprint density at radius 3 is 3.00 bits per heavy atom. The fraction of sp³-hybridized carbons (Fsp3) is 0.667. The summed E-state index contributed by atoms with van der Waals surface area (Å²) in [4.78, 5) is 4.12. The summed E-state index contributed by atoms with van der Waals surface area (Å²) < 4.78 is 1.22. The number of nitrogens with zero attached hydrogens (tertiary/aromatic N) is 1. The maximum absolute atomic E-state index is 3.52. The highest BCUT2D eigenvalue weighted by Gasteiger charge is 2.28. The Bertz CT molecular complexity index is 323. The molecular formula is C12H18BrNS. The normalized spacial score (nSPS) is 27.4. The van der Waals surface area contributed by atoms with E-state index < -0.39 is 0 Å². The molecule has 2 heterocycles. The quantitative estimate of drug-likeness (QED) is 0.808. The first-order valence-corrected chi connectivity index (χ1v) is 7.33. The molecule has 0 bridgehead atoms. The summed E-state index contributed by atoms with van der Waals surface area (Å²) in [5.41, 5.74) is 0. The molecule has 1 aromatic heterocycles. The third kappa shape index (κ3) is 2.83. The molecule has 3 heteroatoms. The van der Waals surface area contributed by atoms with E-state index in [0.29, 0.717) is 0 Å². The molecule has 1 aliphatic rings. The van der Waals surface area contributed by atoms with Crippen LogP contribution in [0.3, 0.4) is 0 Å². The number of rotatable bonds is 3. The minimum absolute atomic E-state index is 0.806. The zero-order chi connectivity index (χ0) is 10.8. The van der Waals surface area contributed by atoms with Gasteiger partial charge < -0.3 is 0 Å². The van der Waals surface area contributed by atoms with Crippen LogP contribution in [0.4, 0.5) is 0 Å². The van der Waals surface area contributed by atoms with E-state index in [1.54, 1.807) is 0 Å². The SMILES string of the molecule is CCC1CC(C)CN1Cc1cc(Br)cs1. The van der Waals surface area contributed by atoms with Gasteiger partial charge in [0, 0.05) is 33.9 Å². The Hall–Kier alpha value is 0.140. The van der Waals surface area contributed by atoms with E-state index in [0.717, 1.165) is 18.5 Å². The molecular weight excluding hydrogens is 270 g/mol. The average Bonchev–Trinajstić information content (AvgIpc) is 2.73. The van der Waals surface area contributed by atoms with Gasteiger partial charge in [0.15, 0.2) is 0 Å². The van der Waals surface area contributed by atoms with Gasteiger partial charge in [-0.2, -0.15) is 0 Å². The monoisotopic (exact) mass is 287 g/mol. The van der Waals surface area contributed by atoms with Crippen LogP contribution in [0.1, 0.15) is 31.6 Å². The topological polar surface area (TPSA) is 3.24 Å². The number of halogens is 1. The van der Waals surface area contributed by atoms with Crippen molar-refractivity contribution in [1.82, 2.24) is 4.90 Å². The van der Waals surface area contributed by atoms with Crippen LogP contribution in [0, 0.1) is 5.92 Å². The Morgan fingerprint density at radius 1 is 1.60 bits per heavy atom. The van der Waals surface area contributed by atoms with Crippen molar-refractivity contribution in [2.75, 3.05) is 6.54 Å². The van der Waals surface area contributed by atoms with Crippen LogP contribution in [0.15, 0.2) is 15.9 Å². The highest BCUT2D eigenvalue weighted by Crippen LogP contribution is 2.29. The molecule has 2 unspecified atom stereocenters. The van der Waals surface area contributed by atoms with Gasteiger partial charge in [0.1, 0.15) is 0 Å². The second-order valence-corrected chi connectivity index (χ2v) is 6.48. The van der Waals surface area contributed by atoms with E-state index in [9.17, 15) is 0 Å². The largest absolute Gasteiger partial charge is 0.295 e. The summed E-state index contributed by atoms with van der Waals surface area (Å²) in [6, 6.07) is 3.06. The molecule has 0 N–H and O–H groups in total. The van der Waals surface area contributed by atoms with Gasteiger partial charge in [0.2, 0.25) is 0 Å². The molecule has 1 saturated heterocycles. The summed E-state index contributed by atoms with van der Waals surface area (Å²) in [6.07, 6.45) is 2.67. The minimum Gasteiger partial charge on any atom is -0.295 e. The van der Waals surface area contributed by atoms with Gasteiger partial charge in [-0.15, -0.1) is 11.3 Å². The van der Waals surface area contributed by atoms with Crippen molar-refractivity contribution in [1.29, 1.82) is 0 Å². The van der Waals surface area contributed by atoms with E-state index in [4.69, 9.17) is 0 Å². The highest BCUT2D eigenvalue weighted by molar-refractivity contribution is 9.10. The summed E-state index contributed by atoms with van der Waals surface area (Å²) >= 11 is 5.38. The fourth-order valence-corrected chi connectivity index (χ4v) is 3.97. The molecule has 0 spiro atoms. The number of hydrogen-bond acceptors (Lipinski definition) is 2. The van der Waals surface area contributed by atoms with E-state index in [1.165, 1.54) is 28.7 Å². The molecule has 2 rings (SSSR count). The van der Waals surface area contributed by atoms with E-state index in [2.05, 4.69) is 46.1 Å². The molecule has 2 atom stereocenters. The number of likely N-dealkylation sites (tertiary alicyclic amines) is 1. The van der Waals surface area contributed by atoms with Crippen molar-refractivity contribution >= 4 is 27.3 Å². The maximum Gasteiger partial charge on any atom is 0.0331 e. The third-order valence-electron chi connectivity index (χ3n) is 3.19. The first kappa shape index (κ1) is 11.6. The lowest BCUT2D eigenvalue weighted by molar-refractivity contribution is 0.239. The molecule has 0 amide bonds. The molecule has 1 aromatic rings. The molecule has 84 valence electrons. The van der Waals surface area contributed by atoms with Crippen LogP contribution in [0.2, 0.25) is 0 Å². The maximum atomic E-state index is 3.52. The second-order valence-electron chi connectivity index (χ2n) is 4.56. The minimum atomic E-state index is 0.806. The van der Waals surface area contributed by atoms with E-state index in [1.807, 2.05) is 11.3 Å². The van der Waals surface area contributed by atoms with Crippen molar-refractivity contribution in [3.05, 3.63) is 20.8 Å². The lowest BCUT2D eigenvalue weighted by Gasteiger charge is -2.22. The second kappa shape index (κ2) is 4.98. The number of hydrogen-bond donors (Lipinski definition) is 0. The Labute approximate surface area is 105 Å². The van der Waals surface area contributed by atoms with Crippen LogP contribution in [0.25, 0.3) is 0 Å². The van der Waals surface area contributed by atoms with Crippen molar-refractivity contribution < 1.29 is 0 Å².